The lowest BCUT2D eigenvalue weighted by molar-refractivity contribution is 0.0951. The lowest BCUT2D eigenvalue weighted by Gasteiger charge is -2.12. The zero-order valence-corrected chi connectivity index (χ0v) is 13.8. The maximum atomic E-state index is 12.1. The number of amides is 1. The third-order valence-electron chi connectivity index (χ3n) is 3.35. The number of nitrogens with zero attached hydrogens (tertiary/aromatic N) is 1. The Kier molecular flexibility index (Phi) is 5.02. The van der Waals surface area contributed by atoms with Crippen LogP contribution in [0.3, 0.4) is 0 Å². The highest BCUT2D eigenvalue weighted by Gasteiger charge is 2.08. The molecule has 2 aromatic carbocycles. The van der Waals surface area contributed by atoms with Gasteiger partial charge in [0.05, 0.1) is 4.90 Å². The van der Waals surface area contributed by atoms with E-state index in [1.807, 2.05) is 31.1 Å². The average Bonchev–Trinajstić information content (AvgIpc) is 2.52. The van der Waals surface area contributed by atoms with Crippen molar-refractivity contribution in [1.82, 2.24) is 5.32 Å². The van der Waals surface area contributed by atoms with Gasteiger partial charge < -0.3 is 10.2 Å². The van der Waals surface area contributed by atoms with E-state index < -0.39 is 10.0 Å². The molecule has 0 unspecified atom stereocenters. The molecule has 0 aromatic heterocycles. The molecule has 1 amide bonds. The topological polar surface area (TPSA) is 92.5 Å². The molecule has 0 atom stereocenters. The summed E-state index contributed by atoms with van der Waals surface area (Å²) in [5, 5.41) is 7.83. The molecule has 0 bridgehead atoms. The Hall–Kier alpha value is -2.38. The Balaban J connectivity index is 1.98. The number of benzene rings is 2. The molecule has 0 aliphatic rings. The first-order valence-corrected chi connectivity index (χ1v) is 8.49. The van der Waals surface area contributed by atoms with E-state index in [0.29, 0.717) is 12.1 Å². The van der Waals surface area contributed by atoms with E-state index in [2.05, 4.69) is 5.32 Å². The maximum Gasteiger partial charge on any atom is 0.251 e. The normalized spacial score (nSPS) is 11.1. The van der Waals surface area contributed by atoms with Crippen molar-refractivity contribution in [3.05, 3.63) is 59.7 Å². The summed E-state index contributed by atoms with van der Waals surface area (Å²) >= 11 is 0. The smallest absolute Gasteiger partial charge is 0.251 e. The van der Waals surface area contributed by atoms with Gasteiger partial charge in [0.25, 0.3) is 5.91 Å². The quantitative estimate of drug-likeness (QED) is 0.863. The number of hydrogen-bond acceptors (Lipinski definition) is 4. The van der Waals surface area contributed by atoms with Gasteiger partial charge in [0.2, 0.25) is 10.0 Å². The summed E-state index contributed by atoms with van der Waals surface area (Å²) in [6, 6.07) is 13.3. The summed E-state index contributed by atoms with van der Waals surface area (Å²) in [4.78, 5) is 14.1. The fourth-order valence-electron chi connectivity index (χ4n) is 1.99. The van der Waals surface area contributed by atoms with Crippen molar-refractivity contribution in [1.29, 1.82) is 0 Å². The lowest BCUT2D eigenvalue weighted by atomic mass is 10.1. The summed E-state index contributed by atoms with van der Waals surface area (Å²) in [6.07, 6.45) is 0. The molecule has 0 aliphatic heterocycles. The SMILES string of the molecule is CN(C)c1ccc(C(=O)NCc2ccc(S(N)(=O)=O)cc2)cc1. The summed E-state index contributed by atoms with van der Waals surface area (Å²) < 4.78 is 22.4. The van der Waals surface area contributed by atoms with Gasteiger partial charge in [0.15, 0.2) is 0 Å². The molecule has 7 heteroatoms. The molecular formula is C16H19N3O3S. The van der Waals surface area contributed by atoms with Crippen LogP contribution in [0.2, 0.25) is 0 Å². The van der Waals surface area contributed by atoms with E-state index in [0.717, 1.165) is 11.3 Å². The van der Waals surface area contributed by atoms with Crippen LogP contribution in [-0.2, 0) is 16.6 Å². The molecule has 0 saturated carbocycles. The van der Waals surface area contributed by atoms with E-state index >= 15 is 0 Å². The maximum absolute atomic E-state index is 12.1. The Bertz CT molecular complexity index is 782. The van der Waals surface area contributed by atoms with Gasteiger partial charge in [-0.2, -0.15) is 0 Å². The molecule has 122 valence electrons. The van der Waals surface area contributed by atoms with Gasteiger partial charge in [0, 0.05) is 31.9 Å². The largest absolute Gasteiger partial charge is 0.378 e. The van der Waals surface area contributed by atoms with Crippen molar-refractivity contribution in [2.45, 2.75) is 11.4 Å². The fourth-order valence-corrected chi connectivity index (χ4v) is 2.51. The van der Waals surface area contributed by atoms with Crippen LogP contribution < -0.4 is 15.4 Å². The van der Waals surface area contributed by atoms with E-state index in [-0.39, 0.29) is 10.8 Å². The molecule has 3 N–H and O–H groups in total. The molecule has 0 heterocycles. The highest BCUT2D eigenvalue weighted by atomic mass is 32.2. The third kappa shape index (κ3) is 4.54. The van der Waals surface area contributed by atoms with Crippen LogP contribution >= 0.6 is 0 Å². The number of sulfonamides is 1. The molecular weight excluding hydrogens is 314 g/mol. The van der Waals surface area contributed by atoms with Gasteiger partial charge >= 0.3 is 0 Å². The molecule has 0 fully saturated rings. The monoisotopic (exact) mass is 333 g/mol. The van der Waals surface area contributed by atoms with E-state index in [1.54, 1.807) is 24.3 Å². The van der Waals surface area contributed by atoms with E-state index in [4.69, 9.17) is 5.14 Å². The molecule has 0 saturated heterocycles. The predicted octanol–water partition coefficient (Wildman–Crippen LogP) is 1.33. The van der Waals surface area contributed by atoms with Gasteiger partial charge in [-0.1, -0.05) is 12.1 Å². The second-order valence-corrected chi connectivity index (χ2v) is 6.87. The molecule has 23 heavy (non-hydrogen) atoms. The van der Waals surface area contributed by atoms with Crippen LogP contribution in [0.4, 0.5) is 5.69 Å². The Morgan fingerprint density at radius 1 is 1.04 bits per heavy atom. The van der Waals surface area contributed by atoms with Crippen molar-refractivity contribution >= 4 is 21.6 Å². The number of carbonyl (C=O) groups is 1. The molecule has 0 radical (unpaired) electrons. The second kappa shape index (κ2) is 6.80. The summed E-state index contributed by atoms with van der Waals surface area (Å²) in [5.74, 6) is -0.189. The predicted molar refractivity (Wildman–Crippen MR) is 89.8 cm³/mol. The summed E-state index contributed by atoms with van der Waals surface area (Å²) in [5.41, 5.74) is 2.37. The van der Waals surface area contributed by atoms with Crippen LogP contribution in [0.25, 0.3) is 0 Å². The number of primary sulfonamides is 1. The first kappa shape index (κ1) is 17.0. The van der Waals surface area contributed by atoms with Crippen LogP contribution in [0, 0.1) is 0 Å². The van der Waals surface area contributed by atoms with Gasteiger partial charge in [-0.3, -0.25) is 4.79 Å². The van der Waals surface area contributed by atoms with Crippen molar-refractivity contribution in [3.8, 4) is 0 Å². The van der Waals surface area contributed by atoms with E-state index in [1.165, 1.54) is 12.1 Å². The van der Waals surface area contributed by atoms with Crippen LogP contribution in [0.1, 0.15) is 15.9 Å². The molecule has 0 aliphatic carbocycles. The summed E-state index contributed by atoms with van der Waals surface area (Å²) in [6.45, 7) is 0.305. The number of anilines is 1. The lowest BCUT2D eigenvalue weighted by Crippen LogP contribution is -2.23. The number of nitrogens with one attached hydrogen (secondary N) is 1. The third-order valence-corrected chi connectivity index (χ3v) is 4.28. The fraction of sp³-hybridized carbons (Fsp3) is 0.188. The zero-order valence-electron chi connectivity index (χ0n) is 13.0. The molecule has 2 rings (SSSR count). The van der Waals surface area contributed by atoms with Crippen LogP contribution in [-0.4, -0.2) is 28.4 Å². The standard InChI is InChI=1S/C16H19N3O3S/c1-19(2)14-7-5-13(6-8-14)16(20)18-11-12-3-9-15(10-4-12)23(17,21)22/h3-10H,11H2,1-2H3,(H,18,20)(H2,17,21,22). The van der Waals surface area contributed by atoms with Crippen molar-refractivity contribution in [2.24, 2.45) is 5.14 Å². The minimum Gasteiger partial charge on any atom is -0.378 e. The molecule has 2 aromatic rings. The highest BCUT2D eigenvalue weighted by molar-refractivity contribution is 7.89. The van der Waals surface area contributed by atoms with Gasteiger partial charge in [-0.25, -0.2) is 13.6 Å². The minimum atomic E-state index is -3.70. The van der Waals surface area contributed by atoms with Crippen molar-refractivity contribution < 1.29 is 13.2 Å². The second-order valence-electron chi connectivity index (χ2n) is 5.31. The number of hydrogen-bond donors (Lipinski definition) is 2. The Labute approximate surface area is 136 Å². The first-order chi connectivity index (χ1) is 10.8. The van der Waals surface area contributed by atoms with Crippen molar-refractivity contribution in [3.63, 3.8) is 0 Å². The van der Waals surface area contributed by atoms with Crippen LogP contribution in [0.15, 0.2) is 53.4 Å². The number of rotatable bonds is 5. The zero-order chi connectivity index (χ0) is 17.0. The Morgan fingerprint density at radius 2 is 1.61 bits per heavy atom. The number of carbonyl (C=O) groups excluding carboxylic acids is 1. The van der Waals surface area contributed by atoms with Gasteiger partial charge in [-0.15, -0.1) is 0 Å². The Morgan fingerprint density at radius 3 is 2.09 bits per heavy atom. The van der Waals surface area contributed by atoms with Gasteiger partial charge in [0.1, 0.15) is 0 Å². The number of nitrogens with two attached hydrogens (primary N) is 1. The summed E-state index contributed by atoms with van der Waals surface area (Å²) in [7, 11) is 0.165. The average molecular weight is 333 g/mol. The minimum absolute atomic E-state index is 0.0480. The molecule has 0 spiro atoms. The van der Waals surface area contributed by atoms with Crippen molar-refractivity contribution in [2.75, 3.05) is 19.0 Å². The van der Waals surface area contributed by atoms with Gasteiger partial charge in [-0.05, 0) is 42.0 Å². The first-order valence-electron chi connectivity index (χ1n) is 6.95. The molecule has 6 nitrogen and oxygen atoms in total. The van der Waals surface area contributed by atoms with Crippen LogP contribution in [0.5, 0.6) is 0 Å². The van der Waals surface area contributed by atoms with E-state index in [9.17, 15) is 13.2 Å². The highest BCUT2D eigenvalue weighted by Crippen LogP contribution is 2.13.